The number of benzene rings is 2. The lowest BCUT2D eigenvalue weighted by molar-refractivity contribution is -0.138. The maximum Gasteiger partial charge on any atom is 0.262 e. The summed E-state index contributed by atoms with van der Waals surface area (Å²) in [6.45, 7) is 8.01. The number of fused-ring (bicyclic) bond motifs is 1. The first-order valence-electron chi connectivity index (χ1n) is 13.8. The first-order valence-corrected chi connectivity index (χ1v) is 13.8. The van der Waals surface area contributed by atoms with E-state index in [1.54, 1.807) is 12.1 Å². The van der Waals surface area contributed by atoms with Gasteiger partial charge in [0, 0.05) is 45.1 Å². The lowest BCUT2D eigenvalue weighted by Gasteiger charge is -2.36. The van der Waals surface area contributed by atoms with Crippen molar-refractivity contribution >= 4 is 29.5 Å². The molecule has 2 aromatic carbocycles. The summed E-state index contributed by atoms with van der Waals surface area (Å²) in [6, 6.07) is 12.3. The van der Waals surface area contributed by atoms with Crippen molar-refractivity contribution < 1.29 is 24.0 Å². The highest BCUT2D eigenvalue weighted by Gasteiger charge is 2.44. The molecular formula is C30H34N4O5. The van der Waals surface area contributed by atoms with E-state index in [4.69, 9.17) is 0 Å². The second-order valence-corrected chi connectivity index (χ2v) is 10.5. The summed E-state index contributed by atoms with van der Waals surface area (Å²) in [5, 5.41) is 2.22. The van der Waals surface area contributed by atoms with Gasteiger partial charge in [0.2, 0.25) is 17.7 Å². The molecule has 2 aromatic rings. The molecule has 39 heavy (non-hydrogen) atoms. The predicted molar refractivity (Wildman–Crippen MR) is 144 cm³/mol. The molecule has 0 aliphatic carbocycles. The van der Waals surface area contributed by atoms with Crippen LogP contribution in [0.2, 0.25) is 0 Å². The summed E-state index contributed by atoms with van der Waals surface area (Å²) in [5.41, 5.74) is 3.40. The van der Waals surface area contributed by atoms with E-state index in [9.17, 15) is 24.0 Å². The minimum atomic E-state index is -0.979. The Hall–Kier alpha value is -3.85. The largest absolute Gasteiger partial charge is 0.340 e. The van der Waals surface area contributed by atoms with Crippen LogP contribution in [-0.2, 0) is 20.9 Å². The molecule has 0 spiro atoms. The Kier molecular flexibility index (Phi) is 7.61. The van der Waals surface area contributed by atoms with Crippen LogP contribution in [0.3, 0.4) is 0 Å². The van der Waals surface area contributed by atoms with Crippen molar-refractivity contribution in [2.45, 2.75) is 52.1 Å². The zero-order chi connectivity index (χ0) is 27.7. The molecule has 2 saturated heterocycles. The summed E-state index contributed by atoms with van der Waals surface area (Å²) < 4.78 is 0. The quantitative estimate of drug-likeness (QED) is 0.552. The number of hydrogen-bond acceptors (Lipinski definition) is 6. The van der Waals surface area contributed by atoms with Gasteiger partial charge in [-0.15, -0.1) is 0 Å². The van der Waals surface area contributed by atoms with Crippen LogP contribution in [0.5, 0.6) is 0 Å². The van der Waals surface area contributed by atoms with Crippen molar-refractivity contribution in [3.05, 3.63) is 59.2 Å². The lowest BCUT2D eigenvalue weighted by Crippen LogP contribution is -2.54. The Bertz CT molecular complexity index is 1330. The molecule has 3 aliphatic rings. The molecule has 5 amide bonds. The number of carbonyl (C=O) groups excluding carboxylic acids is 5. The first kappa shape index (κ1) is 26.7. The maximum absolute atomic E-state index is 13.2. The molecule has 9 nitrogen and oxygen atoms in total. The second kappa shape index (κ2) is 11.1. The van der Waals surface area contributed by atoms with E-state index >= 15 is 0 Å². The van der Waals surface area contributed by atoms with Crippen LogP contribution in [0, 0.1) is 5.92 Å². The molecule has 9 heteroatoms. The number of hydrogen-bond donors (Lipinski definition) is 1. The number of nitrogens with one attached hydrogen (secondary N) is 1. The van der Waals surface area contributed by atoms with Crippen molar-refractivity contribution in [3.8, 4) is 11.1 Å². The SMILES string of the molecule is CCC(CC)C(=O)N1CCN(Cc2cccc(-c3ccc4c(c3)C(=O)N(C3CCC(=O)NC3=O)C4=O)c2)CC1. The van der Waals surface area contributed by atoms with E-state index in [0.29, 0.717) is 0 Å². The average molecular weight is 531 g/mol. The number of piperidine rings is 1. The molecule has 0 saturated carbocycles. The number of carbonyl (C=O) groups is 5. The van der Waals surface area contributed by atoms with Gasteiger partial charge in [-0.3, -0.25) is 39.1 Å². The molecule has 3 heterocycles. The van der Waals surface area contributed by atoms with Gasteiger partial charge in [-0.25, -0.2) is 0 Å². The molecule has 0 radical (unpaired) electrons. The van der Waals surface area contributed by atoms with Crippen molar-refractivity contribution in [1.82, 2.24) is 20.0 Å². The minimum absolute atomic E-state index is 0.0885. The van der Waals surface area contributed by atoms with E-state index in [0.717, 1.165) is 67.2 Å². The molecule has 0 aromatic heterocycles. The van der Waals surface area contributed by atoms with Crippen LogP contribution in [0.4, 0.5) is 0 Å². The molecule has 5 rings (SSSR count). The van der Waals surface area contributed by atoms with E-state index < -0.39 is 29.7 Å². The highest BCUT2D eigenvalue weighted by molar-refractivity contribution is 6.23. The standard InChI is InChI=1S/C30H34N4O5/c1-3-20(4-2)28(37)33-14-12-32(13-15-33)18-19-6-5-7-21(16-19)22-8-9-23-24(17-22)30(39)34(29(23)38)25-10-11-26(35)31-27(25)36/h5-9,16-17,20,25H,3-4,10-15,18H2,1-2H3,(H,31,35,36). The minimum Gasteiger partial charge on any atom is -0.340 e. The summed E-state index contributed by atoms with van der Waals surface area (Å²) >= 11 is 0. The van der Waals surface area contributed by atoms with Crippen LogP contribution in [0.25, 0.3) is 11.1 Å². The number of amides is 5. The van der Waals surface area contributed by atoms with Gasteiger partial charge in [-0.2, -0.15) is 0 Å². The predicted octanol–water partition coefficient (Wildman–Crippen LogP) is 2.84. The second-order valence-electron chi connectivity index (χ2n) is 10.5. The van der Waals surface area contributed by atoms with Gasteiger partial charge in [-0.1, -0.05) is 38.1 Å². The van der Waals surface area contributed by atoms with Gasteiger partial charge >= 0.3 is 0 Å². The first-order chi connectivity index (χ1) is 18.8. The maximum atomic E-state index is 13.2. The van der Waals surface area contributed by atoms with Gasteiger partial charge in [0.25, 0.3) is 11.8 Å². The third-order valence-corrected chi connectivity index (χ3v) is 8.13. The van der Waals surface area contributed by atoms with E-state index in [1.165, 1.54) is 0 Å². The van der Waals surface area contributed by atoms with Crippen molar-refractivity contribution in [2.75, 3.05) is 26.2 Å². The highest BCUT2D eigenvalue weighted by atomic mass is 16.2. The van der Waals surface area contributed by atoms with E-state index in [2.05, 4.69) is 36.2 Å². The Balaban J connectivity index is 1.27. The molecule has 1 N–H and O–H groups in total. The molecular weight excluding hydrogens is 496 g/mol. The third-order valence-electron chi connectivity index (χ3n) is 8.13. The number of piperazine rings is 1. The average Bonchev–Trinajstić information content (AvgIpc) is 3.19. The van der Waals surface area contributed by atoms with Gasteiger partial charge in [0.15, 0.2) is 0 Å². The van der Waals surface area contributed by atoms with Gasteiger partial charge in [0.05, 0.1) is 11.1 Å². The number of rotatable bonds is 7. The number of imide groups is 2. The fraction of sp³-hybridized carbons (Fsp3) is 0.433. The third kappa shape index (κ3) is 5.23. The molecule has 1 atom stereocenters. The molecule has 204 valence electrons. The van der Waals surface area contributed by atoms with Crippen LogP contribution in [0.1, 0.15) is 65.8 Å². The van der Waals surface area contributed by atoms with E-state index in [-0.39, 0.29) is 35.8 Å². The summed E-state index contributed by atoms with van der Waals surface area (Å²) in [5.74, 6) is -1.65. The van der Waals surface area contributed by atoms with Crippen LogP contribution < -0.4 is 5.32 Å². The Morgan fingerprint density at radius 2 is 1.59 bits per heavy atom. The fourth-order valence-electron chi connectivity index (χ4n) is 5.78. The van der Waals surface area contributed by atoms with Gasteiger partial charge < -0.3 is 4.90 Å². The Morgan fingerprint density at radius 3 is 2.28 bits per heavy atom. The molecule has 3 aliphatic heterocycles. The highest BCUT2D eigenvalue weighted by Crippen LogP contribution is 2.31. The smallest absolute Gasteiger partial charge is 0.262 e. The lowest BCUT2D eigenvalue weighted by atomic mass is 9.98. The van der Waals surface area contributed by atoms with Crippen molar-refractivity contribution in [2.24, 2.45) is 5.92 Å². The zero-order valence-electron chi connectivity index (χ0n) is 22.4. The van der Waals surface area contributed by atoms with Crippen LogP contribution in [0.15, 0.2) is 42.5 Å². The van der Waals surface area contributed by atoms with Crippen molar-refractivity contribution in [1.29, 1.82) is 0 Å². The summed E-state index contributed by atoms with van der Waals surface area (Å²) in [6.07, 6.45) is 1.97. The van der Waals surface area contributed by atoms with E-state index in [1.807, 2.05) is 23.1 Å². The monoisotopic (exact) mass is 530 g/mol. The van der Waals surface area contributed by atoms with Gasteiger partial charge in [-0.05, 0) is 54.2 Å². The summed E-state index contributed by atoms with van der Waals surface area (Å²) in [4.78, 5) is 68.1. The summed E-state index contributed by atoms with van der Waals surface area (Å²) in [7, 11) is 0. The number of nitrogens with zero attached hydrogens (tertiary/aromatic N) is 3. The molecule has 2 fully saturated rings. The Labute approximate surface area is 228 Å². The normalized spacial score (nSPS) is 20.0. The Morgan fingerprint density at radius 1 is 0.897 bits per heavy atom. The fourth-order valence-corrected chi connectivity index (χ4v) is 5.78. The van der Waals surface area contributed by atoms with Crippen LogP contribution >= 0.6 is 0 Å². The molecule has 1 unspecified atom stereocenters. The zero-order valence-corrected chi connectivity index (χ0v) is 22.4. The van der Waals surface area contributed by atoms with Crippen LogP contribution in [-0.4, -0.2) is 76.5 Å². The topological polar surface area (TPSA) is 107 Å². The van der Waals surface area contributed by atoms with Crippen molar-refractivity contribution in [3.63, 3.8) is 0 Å². The molecule has 0 bridgehead atoms. The van der Waals surface area contributed by atoms with Gasteiger partial charge in [0.1, 0.15) is 6.04 Å².